The van der Waals surface area contributed by atoms with Crippen LogP contribution in [0.15, 0.2) is 29.0 Å². The van der Waals surface area contributed by atoms with Crippen molar-refractivity contribution in [1.29, 1.82) is 0 Å². The summed E-state index contributed by atoms with van der Waals surface area (Å²) < 4.78 is 5.69. The van der Waals surface area contributed by atoms with Crippen molar-refractivity contribution in [2.75, 3.05) is 25.6 Å². The first-order valence-corrected chi connectivity index (χ1v) is 10.1. The molecular weight excluding hydrogens is 402 g/mol. The van der Waals surface area contributed by atoms with Gasteiger partial charge in [-0.1, -0.05) is 17.4 Å². The van der Waals surface area contributed by atoms with Crippen LogP contribution in [0.4, 0.5) is 5.13 Å². The molecule has 1 saturated carbocycles. The van der Waals surface area contributed by atoms with Crippen molar-refractivity contribution in [2.45, 2.75) is 25.7 Å². The smallest absolute Gasteiger partial charge is 0.308 e. The maximum atomic E-state index is 11.6. The zero-order valence-corrected chi connectivity index (χ0v) is 16.8. The SMILES string of the molecule is COC(=O)C1CCC(CN(C)c2ncc(-c3cccc(Br)n3)s2)CC1. The van der Waals surface area contributed by atoms with Crippen molar-refractivity contribution in [3.05, 3.63) is 29.0 Å². The molecule has 3 rings (SSSR count). The number of rotatable bonds is 5. The Balaban J connectivity index is 1.58. The van der Waals surface area contributed by atoms with E-state index in [-0.39, 0.29) is 11.9 Å². The van der Waals surface area contributed by atoms with Crippen LogP contribution in [0.2, 0.25) is 0 Å². The number of carbonyl (C=O) groups excluding carboxylic acids is 1. The minimum atomic E-state index is -0.0575. The Labute approximate surface area is 160 Å². The second-order valence-corrected chi connectivity index (χ2v) is 8.30. The number of aromatic nitrogens is 2. The second kappa shape index (κ2) is 8.27. The van der Waals surface area contributed by atoms with Crippen LogP contribution in [-0.2, 0) is 9.53 Å². The third kappa shape index (κ3) is 4.58. The number of carbonyl (C=O) groups is 1. The van der Waals surface area contributed by atoms with E-state index >= 15 is 0 Å². The fourth-order valence-corrected chi connectivity index (χ4v) is 4.52. The van der Waals surface area contributed by atoms with Crippen LogP contribution in [0, 0.1) is 11.8 Å². The minimum absolute atomic E-state index is 0.0575. The van der Waals surface area contributed by atoms with Gasteiger partial charge in [0.2, 0.25) is 0 Å². The minimum Gasteiger partial charge on any atom is -0.469 e. The molecule has 5 nitrogen and oxygen atoms in total. The lowest BCUT2D eigenvalue weighted by Gasteiger charge is -2.30. The highest BCUT2D eigenvalue weighted by molar-refractivity contribution is 9.10. The van der Waals surface area contributed by atoms with Gasteiger partial charge in [0.15, 0.2) is 5.13 Å². The summed E-state index contributed by atoms with van der Waals surface area (Å²) >= 11 is 5.07. The maximum absolute atomic E-state index is 11.6. The van der Waals surface area contributed by atoms with E-state index in [1.54, 1.807) is 11.3 Å². The summed E-state index contributed by atoms with van der Waals surface area (Å²) in [5.74, 6) is 0.626. The summed E-state index contributed by atoms with van der Waals surface area (Å²) in [5, 5.41) is 1.01. The number of hydrogen-bond acceptors (Lipinski definition) is 6. The van der Waals surface area contributed by atoms with Crippen LogP contribution in [0.5, 0.6) is 0 Å². The summed E-state index contributed by atoms with van der Waals surface area (Å²) in [6.07, 6.45) is 5.87. The number of halogens is 1. The highest BCUT2D eigenvalue weighted by Crippen LogP contribution is 2.33. The summed E-state index contributed by atoms with van der Waals surface area (Å²) in [4.78, 5) is 24.0. The number of ether oxygens (including phenoxy) is 1. The van der Waals surface area contributed by atoms with Crippen LogP contribution in [-0.4, -0.2) is 36.6 Å². The molecule has 2 aromatic heterocycles. The van der Waals surface area contributed by atoms with E-state index < -0.39 is 0 Å². The van der Waals surface area contributed by atoms with Gasteiger partial charge < -0.3 is 9.64 Å². The third-order valence-electron chi connectivity index (χ3n) is 4.70. The lowest BCUT2D eigenvalue weighted by atomic mass is 9.82. The molecule has 2 heterocycles. The van der Waals surface area contributed by atoms with Crippen molar-refractivity contribution in [2.24, 2.45) is 11.8 Å². The van der Waals surface area contributed by atoms with E-state index in [2.05, 4.69) is 37.8 Å². The zero-order valence-electron chi connectivity index (χ0n) is 14.4. The van der Waals surface area contributed by atoms with Crippen molar-refractivity contribution in [1.82, 2.24) is 9.97 Å². The van der Waals surface area contributed by atoms with E-state index in [9.17, 15) is 4.79 Å². The Kier molecular flexibility index (Phi) is 6.06. The topological polar surface area (TPSA) is 55.3 Å². The maximum Gasteiger partial charge on any atom is 0.308 e. The van der Waals surface area contributed by atoms with Gasteiger partial charge in [0.1, 0.15) is 4.60 Å². The van der Waals surface area contributed by atoms with Gasteiger partial charge in [0.05, 0.1) is 23.6 Å². The van der Waals surface area contributed by atoms with Crippen molar-refractivity contribution < 1.29 is 9.53 Å². The van der Waals surface area contributed by atoms with E-state index in [1.807, 2.05) is 24.4 Å². The molecule has 0 unspecified atom stereocenters. The summed E-state index contributed by atoms with van der Waals surface area (Å²) in [7, 11) is 3.56. The summed E-state index contributed by atoms with van der Waals surface area (Å²) in [6, 6.07) is 5.90. The monoisotopic (exact) mass is 423 g/mol. The molecule has 0 aliphatic heterocycles. The molecule has 0 N–H and O–H groups in total. The first-order valence-electron chi connectivity index (χ1n) is 8.44. The molecule has 0 amide bonds. The molecule has 0 aromatic carbocycles. The van der Waals surface area contributed by atoms with Gasteiger partial charge in [0, 0.05) is 19.8 Å². The van der Waals surface area contributed by atoms with Crippen LogP contribution < -0.4 is 4.90 Å². The number of methoxy groups -OCH3 is 1. The molecule has 25 heavy (non-hydrogen) atoms. The van der Waals surface area contributed by atoms with Crippen molar-refractivity contribution in [3.8, 4) is 10.6 Å². The van der Waals surface area contributed by atoms with Gasteiger partial charge in [-0.05, 0) is 59.7 Å². The largest absolute Gasteiger partial charge is 0.469 e. The Bertz CT molecular complexity index is 729. The molecule has 1 fully saturated rings. The van der Waals surface area contributed by atoms with Crippen LogP contribution >= 0.6 is 27.3 Å². The van der Waals surface area contributed by atoms with Crippen LogP contribution in [0.25, 0.3) is 10.6 Å². The number of nitrogens with zero attached hydrogens (tertiary/aromatic N) is 3. The van der Waals surface area contributed by atoms with Crippen LogP contribution in [0.1, 0.15) is 25.7 Å². The third-order valence-corrected chi connectivity index (χ3v) is 6.28. The van der Waals surface area contributed by atoms with Gasteiger partial charge in [-0.2, -0.15) is 0 Å². The van der Waals surface area contributed by atoms with E-state index in [1.165, 1.54) is 7.11 Å². The summed E-state index contributed by atoms with van der Waals surface area (Å²) in [5.41, 5.74) is 0.935. The average Bonchev–Trinajstić information content (AvgIpc) is 3.12. The number of pyridine rings is 1. The molecule has 1 aliphatic rings. The Morgan fingerprint density at radius 2 is 2.12 bits per heavy atom. The fourth-order valence-electron chi connectivity index (χ4n) is 3.32. The Morgan fingerprint density at radius 3 is 2.80 bits per heavy atom. The van der Waals surface area contributed by atoms with E-state index in [0.29, 0.717) is 5.92 Å². The predicted octanol–water partition coefficient (Wildman–Crippen LogP) is 4.38. The average molecular weight is 424 g/mol. The van der Waals surface area contributed by atoms with Crippen LogP contribution in [0.3, 0.4) is 0 Å². The van der Waals surface area contributed by atoms with Gasteiger partial charge in [-0.15, -0.1) is 0 Å². The standard InChI is InChI=1S/C18H22BrN3O2S/c1-22(11-12-6-8-13(9-7-12)17(23)24-2)18-20-10-15(25-18)14-4-3-5-16(19)21-14/h3-5,10,12-13H,6-9,11H2,1-2H3. The van der Waals surface area contributed by atoms with Gasteiger partial charge in [0.25, 0.3) is 0 Å². The molecule has 0 saturated heterocycles. The van der Waals surface area contributed by atoms with E-state index in [4.69, 9.17) is 4.74 Å². The zero-order chi connectivity index (χ0) is 17.8. The van der Waals surface area contributed by atoms with Gasteiger partial charge in [-0.3, -0.25) is 4.79 Å². The first-order chi connectivity index (χ1) is 12.1. The molecule has 0 radical (unpaired) electrons. The van der Waals surface area contributed by atoms with Crippen molar-refractivity contribution >= 4 is 38.4 Å². The highest BCUT2D eigenvalue weighted by atomic mass is 79.9. The quantitative estimate of drug-likeness (QED) is 0.527. The Morgan fingerprint density at radius 1 is 1.36 bits per heavy atom. The normalized spacial score (nSPS) is 20.3. The van der Waals surface area contributed by atoms with Crippen molar-refractivity contribution in [3.63, 3.8) is 0 Å². The molecule has 0 bridgehead atoms. The molecule has 0 atom stereocenters. The first kappa shape index (κ1) is 18.3. The molecular formula is C18H22BrN3O2S. The van der Waals surface area contributed by atoms with Gasteiger partial charge in [-0.25, -0.2) is 9.97 Å². The molecule has 2 aromatic rings. The fraction of sp³-hybridized carbons (Fsp3) is 0.500. The number of hydrogen-bond donors (Lipinski definition) is 0. The number of anilines is 1. The molecule has 134 valence electrons. The highest BCUT2D eigenvalue weighted by Gasteiger charge is 2.27. The molecule has 7 heteroatoms. The van der Waals surface area contributed by atoms with E-state index in [0.717, 1.165) is 52.5 Å². The predicted molar refractivity (Wildman–Crippen MR) is 104 cm³/mol. The molecule has 1 aliphatic carbocycles. The molecule has 0 spiro atoms. The second-order valence-electron chi connectivity index (χ2n) is 6.47. The number of esters is 1. The lowest BCUT2D eigenvalue weighted by molar-refractivity contribution is -0.146. The lowest BCUT2D eigenvalue weighted by Crippen LogP contribution is -2.30. The summed E-state index contributed by atoms with van der Waals surface area (Å²) in [6.45, 7) is 0.965. The Hall–Kier alpha value is -1.47. The number of thiazole rings is 1. The van der Waals surface area contributed by atoms with Gasteiger partial charge >= 0.3 is 5.97 Å².